The van der Waals surface area contributed by atoms with E-state index in [-0.39, 0.29) is 10.4 Å². The summed E-state index contributed by atoms with van der Waals surface area (Å²) in [4.78, 5) is 0. The molecule has 4 nitrogen and oxygen atoms in total. The predicted octanol–water partition coefficient (Wildman–Crippen LogP) is 4.20. The summed E-state index contributed by atoms with van der Waals surface area (Å²) in [7, 11) is 0. The third-order valence-electron chi connectivity index (χ3n) is 3.81. The topological polar surface area (TPSA) is 41.9 Å². The zero-order valence-corrected chi connectivity index (χ0v) is 16.0. The van der Waals surface area contributed by atoms with Crippen LogP contribution in [0.1, 0.15) is 56.3 Å². The van der Waals surface area contributed by atoms with Gasteiger partial charge < -0.3 is 10.6 Å². The third-order valence-corrected chi connectivity index (χ3v) is 4.88. The van der Waals surface area contributed by atoms with E-state index >= 15 is 0 Å². The first kappa shape index (κ1) is 19.5. The average Bonchev–Trinajstić information content (AvgIpc) is 3.27. The summed E-state index contributed by atoms with van der Waals surface area (Å²) in [6.07, 6.45) is 0.206. The van der Waals surface area contributed by atoms with Gasteiger partial charge in [-0.2, -0.15) is 18.3 Å². The Bertz CT molecular complexity index is 570. The Morgan fingerprint density at radius 1 is 1.29 bits per heavy atom. The van der Waals surface area contributed by atoms with Crippen molar-refractivity contribution in [3.05, 3.63) is 15.9 Å². The minimum atomic E-state index is -4.43. The van der Waals surface area contributed by atoms with Gasteiger partial charge in [-0.15, -0.1) is 0 Å². The molecule has 1 fully saturated rings. The fourth-order valence-corrected chi connectivity index (χ4v) is 3.46. The van der Waals surface area contributed by atoms with Crippen LogP contribution in [0.3, 0.4) is 0 Å². The van der Waals surface area contributed by atoms with Gasteiger partial charge in [-0.05, 0) is 53.8 Å². The quantitative estimate of drug-likeness (QED) is 0.482. The summed E-state index contributed by atoms with van der Waals surface area (Å²) in [5, 5.41) is 10.5. The van der Waals surface area contributed by atoms with E-state index in [1.165, 1.54) is 4.68 Å². The largest absolute Gasteiger partial charge is 0.436 e. The number of halogens is 4. The summed E-state index contributed by atoms with van der Waals surface area (Å²) in [5.74, 6) is 0.188. The van der Waals surface area contributed by atoms with Crippen molar-refractivity contribution in [2.75, 3.05) is 13.1 Å². The van der Waals surface area contributed by atoms with Crippen LogP contribution >= 0.6 is 28.1 Å². The molecule has 1 saturated carbocycles. The molecule has 1 aliphatic carbocycles. The Hall–Kier alpha value is -0.830. The van der Waals surface area contributed by atoms with E-state index in [1.54, 1.807) is 0 Å². The summed E-state index contributed by atoms with van der Waals surface area (Å²) < 4.78 is 40.7. The lowest BCUT2D eigenvalue weighted by Gasteiger charge is -2.11. The van der Waals surface area contributed by atoms with Crippen LogP contribution in [0, 0.1) is 0 Å². The molecule has 0 bridgehead atoms. The molecule has 1 aliphatic rings. The van der Waals surface area contributed by atoms with E-state index < -0.39 is 11.9 Å². The van der Waals surface area contributed by atoms with Crippen molar-refractivity contribution in [1.82, 2.24) is 20.4 Å². The van der Waals surface area contributed by atoms with Crippen LogP contribution in [0.5, 0.6) is 0 Å². The van der Waals surface area contributed by atoms with Crippen LogP contribution in [-0.4, -0.2) is 28.0 Å². The normalized spacial score (nSPS) is 14.7. The highest BCUT2D eigenvalue weighted by atomic mass is 79.9. The van der Waals surface area contributed by atoms with Crippen molar-refractivity contribution in [2.24, 2.45) is 0 Å². The Morgan fingerprint density at radius 2 is 1.92 bits per heavy atom. The maximum Gasteiger partial charge on any atom is 0.436 e. The van der Waals surface area contributed by atoms with Gasteiger partial charge >= 0.3 is 6.18 Å². The Morgan fingerprint density at radius 3 is 2.46 bits per heavy atom. The van der Waals surface area contributed by atoms with Crippen LogP contribution in [0.4, 0.5) is 13.2 Å². The lowest BCUT2D eigenvalue weighted by Crippen LogP contribution is -2.36. The van der Waals surface area contributed by atoms with Crippen LogP contribution in [0.15, 0.2) is 4.47 Å². The maximum atomic E-state index is 13.0. The first-order valence-corrected chi connectivity index (χ1v) is 9.39. The van der Waals surface area contributed by atoms with E-state index in [1.807, 2.05) is 0 Å². The van der Waals surface area contributed by atoms with Gasteiger partial charge in [0.25, 0.3) is 0 Å². The molecule has 0 amide bonds. The molecule has 136 valence electrons. The molecule has 1 aromatic rings. The van der Waals surface area contributed by atoms with Gasteiger partial charge in [0.2, 0.25) is 0 Å². The minimum Gasteiger partial charge on any atom is -0.363 e. The van der Waals surface area contributed by atoms with Crippen LogP contribution < -0.4 is 10.6 Å². The number of alkyl halides is 3. The van der Waals surface area contributed by atoms with Gasteiger partial charge in [0.1, 0.15) is 0 Å². The number of unbranched alkanes of at least 4 members (excludes halogenated alkanes) is 1. The molecule has 0 unspecified atom stereocenters. The Labute approximate surface area is 153 Å². The van der Waals surface area contributed by atoms with E-state index in [2.05, 4.69) is 38.6 Å². The molecule has 2 N–H and O–H groups in total. The fraction of sp³-hybridized carbons (Fsp3) is 0.733. The number of nitrogens with zero attached hydrogens (tertiary/aromatic N) is 2. The van der Waals surface area contributed by atoms with Crippen LogP contribution in [0.25, 0.3) is 0 Å². The van der Waals surface area contributed by atoms with Crippen molar-refractivity contribution >= 4 is 33.3 Å². The van der Waals surface area contributed by atoms with E-state index in [0.29, 0.717) is 30.3 Å². The van der Waals surface area contributed by atoms with Crippen LogP contribution in [-0.2, 0) is 12.7 Å². The van der Waals surface area contributed by atoms with Crippen molar-refractivity contribution in [3.63, 3.8) is 0 Å². The monoisotopic (exact) mass is 426 g/mol. The van der Waals surface area contributed by atoms with Crippen molar-refractivity contribution in [2.45, 2.75) is 57.7 Å². The average molecular weight is 427 g/mol. The second kappa shape index (κ2) is 8.51. The van der Waals surface area contributed by atoms with E-state index in [4.69, 9.17) is 12.2 Å². The molecule has 9 heteroatoms. The number of aryl methyl sites for hydroxylation is 1. The molecule has 1 heterocycles. The third kappa shape index (κ3) is 5.34. The molecule has 0 spiro atoms. The first-order valence-electron chi connectivity index (χ1n) is 8.19. The fourth-order valence-electron chi connectivity index (χ4n) is 2.42. The van der Waals surface area contributed by atoms with E-state index in [9.17, 15) is 13.2 Å². The van der Waals surface area contributed by atoms with Crippen molar-refractivity contribution < 1.29 is 13.2 Å². The second-order valence-electron chi connectivity index (χ2n) is 5.93. The van der Waals surface area contributed by atoms with Crippen LogP contribution in [0.2, 0.25) is 0 Å². The molecule has 0 atom stereocenters. The highest BCUT2D eigenvalue weighted by Crippen LogP contribution is 2.46. The van der Waals surface area contributed by atoms with Gasteiger partial charge in [0.05, 0.1) is 10.2 Å². The van der Waals surface area contributed by atoms with Gasteiger partial charge in [-0.3, -0.25) is 4.68 Å². The highest BCUT2D eigenvalue weighted by molar-refractivity contribution is 9.10. The summed E-state index contributed by atoms with van der Waals surface area (Å²) in [6.45, 7) is 3.97. The van der Waals surface area contributed by atoms with Crippen molar-refractivity contribution in [3.8, 4) is 0 Å². The molecule has 0 aliphatic heterocycles. The SMILES string of the molecule is CCCCNC(=S)NCCCn1nc(C(F)(F)F)c(Br)c1C1CC1. The zero-order valence-electron chi connectivity index (χ0n) is 13.5. The number of hydrogen-bond donors (Lipinski definition) is 2. The number of thiocarbonyl (C=S) groups is 1. The summed E-state index contributed by atoms with van der Waals surface area (Å²) >= 11 is 8.24. The summed E-state index contributed by atoms with van der Waals surface area (Å²) in [6, 6.07) is 0. The summed E-state index contributed by atoms with van der Waals surface area (Å²) in [5.41, 5.74) is -0.153. The number of nitrogens with one attached hydrogen (secondary N) is 2. The van der Waals surface area contributed by atoms with E-state index in [0.717, 1.165) is 32.2 Å². The molecule has 1 aromatic heterocycles. The lowest BCUT2D eigenvalue weighted by molar-refractivity contribution is -0.142. The smallest absolute Gasteiger partial charge is 0.363 e. The molecule has 2 rings (SSSR count). The first-order chi connectivity index (χ1) is 11.3. The molecular formula is C15H22BrF3N4S. The standard InChI is InChI=1S/C15H22BrF3N4S/c1-2-3-7-20-14(24)21-8-4-9-23-12(10-5-6-10)11(16)13(22-23)15(17,18)19/h10H,2-9H2,1H3,(H2,20,21,24). The lowest BCUT2D eigenvalue weighted by atomic mass is 10.2. The number of aromatic nitrogens is 2. The zero-order chi connectivity index (χ0) is 17.7. The van der Waals surface area contributed by atoms with Gasteiger partial charge in [-0.1, -0.05) is 13.3 Å². The second-order valence-corrected chi connectivity index (χ2v) is 7.13. The van der Waals surface area contributed by atoms with Crippen molar-refractivity contribution in [1.29, 1.82) is 0 Å². The van der Waals surface area contributed by atoms with Gasteiger partial charge in [-0.25, -0.2) is 0 Å². The molecule has 0 radical (unpaired) electrons. The number of rotatable bonds is 8. The Balaban J connectivity index is 1.87. The minimum absolute atomic E-state index is 0.0993. The predicted molar refractivity (Wildman–Crippen MR) is 95.0 cm³/mol. The molecule has 0 aromatic carbocycles. The highest BCUT2D eigenvalue weighted by Gasteiger charge is 2.41. The molecule has 24 heavy (non-hydrogen) atoms. The molecular weight excluding hydrogens is 405 g/mol. The van der Waals surface area contributed by atoms with Gasteiger partial charge in [0, 0.05) is 25.6 Å². The number of hydrogen-bond acceptors (Lipinski definition) is 2. The molecule has 0 saturated heterocycles. The Kier molecular flexibility index (Phi) is 6.91. The van der Waals surface area contributed by atoms with Gasteiger partial charge in [0.15, 0.2) is 10.8 Å². The maximum absolute atomic E-state index is 13.0.